The lowest BCUT2D eigenvalue weighted by Crippen LogP contribution is -2.03. The molecule has 0 amide bonds. The Kier molecular flexibility index (Phi) is 5.77. The minimum atomic E-state index is 0.0952. The lowest BCUT2D eigenvalue weighted by atomic mass is 9.92. The Hall–Kier alpha value is -3.31. The van der Waals surface area contributed by atoms with Gasteiger partial charge in [0.2, 0.25) is 0 Å². The highest BCUT2D eigenvalue weighted by Crippen LogP contribution is 2.35. The van der Waals surface area contributed by atoms with E-state index < -0.39 is 0 Å². The van der Waals surface area contributed by atoms with Gasteiger partial charge in [-0.2, -0.15) is 0 Å². The molecule has 0 aliphatic heterocycles. The van der Waals surface area contributed by atoms with Crippen LogP contribution >= 0.6 is 11.3 Å². The zero-order chi connectivity index (χ0) is 20.1. The molecule has 0 atom stereocenters. The Balaban J connectivity index is 1.66. The fraction of sp³-hybridized carbons (Fsp3) is 0.125. The maximum Gasteiger partial charge on any atom is 0.141 e. The summed E-state index contributed by atoms with van der Waals surface area (Å²) in [5, 5.41) is 6.45. The first kappa shape index (κ1) is 19.0. The third-order valence-electron chi connectivity index (χ3n) is 4.66. The van der Waals surface area contributed by atoms with Gasteiger partial charge in [0.1, 0.15) is 22.3 Å². The maximum atomic E-state index is 5.36. The van der Waals surface area contributed by atoms with Gasteiger partial charge in [-0.15, -0.1) is 11.3 Å². The van der Waals surface area contributed by atoms with Gasteiger partial charge in [-0.05, 0) is 11.1 Å². The van der Waals surface area contributed by atoms with E-state index in [0.717, 1.165) is 28.0 Å². The van der Waals surface area contributed by atoms with Crippen molar-refractivity contribution in [2.75, 3.05) is 19.5 Å². The Morgan fingerprint density at radius 2 is 1.34 bits per heavy atom. The second-order valence-electron chi connectivity index (χ2n) is 6.55. The topological polar surface area (TPSA) is 43.4 Å². The summed E-state index contributed by atoms with van der Waals surface area (Å²) in [6, 6.07) is 26.7. The summed E-state index contributed by atoms with van der Waals surface area (Å²) >= 11 is 1.65. The van der Waals surface area contributed by atoms with Gasteiger partial charge in [-0.3, -0.25) is 0 Å². The van der Waals surface area contributed by atoms with Gasteiger partial charge >= 0.3 is 0 Å². The van der Waals surface area contributed by atoms with Crippen LogP contribution in [0.5, 0.6) is 11.5 Å². The zero-order valence-electron chi connectivity index (χ0n) is 16.3. The van der Waals surface area contributed by atoms with Crippen molar-refractivity contribution in [1.82, 2.24) is 4.98 Å². The molecule has 1 heterocycles. The van der Waals surface area contributed by atoms with E-state index >= 15 is 0 Å². The molecule has 0 aliphatic rings. The normalized spacial score (nSPS) is 10.7. The first-order valence-electron chi connectivity index (χ1n) is 9.32. The van der Waals surface area contributed by atoms with Crippen molar-refractivity contribution in [2.24, 2.45) is 0 Å². The van der Waals surface area contributed by atoms with Crippen LogP contribution in [0.15, 0.2) is 84.2 Å². The van der Waals surface area contributed by atoms with Gasteiger partial charge in [-0.25, -0.2) is 4.98 Å². The van der Waals surface area contributed by atoms with Crippen molar-refractivity contribution in [3.63, 3.8) is 0 Å². The van der Waals surface area contributed by atoms with Crippen LogP contribution in [0.3, 0.4) is 0 Å². The third kappa shape index (κ3) is 4.41. The number of thiazole rings is 1. The molecule has 4 rings (SSSR count). The maximum absolute atomic E-state index is 5.36. The van der Waals surface area contributed by atoms with Crippen LogP contribution in [0.4, 0.5) is 11.5 Å². The number of rotatable bonds is 7. The fourth-order valence-electron chi connectivity index (χ4n) is 3.27. The zero-order valence-corrected chi connectivity index (χ0v) is 17.1. The standard InChI is InChI=1S/C24H22N2O2S/c1-27-20-13-19(14-21(15-20)28-2)25-22-16-29-24(26-22)23(17-9-5-3-6-10-17)18-11-7-4-8-12-18/h3-16,23,25H,1-2H3. The summed E-state index contributed by atoms with van der Waals surface area (Å²) in [5.74, 6) is 2.36. The summed E-state index contributed by atoms with van der Waals surface area (Å²) in [4.78, 5) is 4.90. The SMILES string of the molecule is COc1cc(Nc2csc(C(c3ccccc3)c3ccccc3)n2)cc(OC)c1. The first-order valence-corrected chi connectivity index (χ1v) is 10.2. The first-order chi connectivity index (χ1) is 14.3. The molecule has 0 unspecified atom stereocenters. The van der Waals surface area contributed by atoms with E-state index in [9.17, 15) is 0 Å². The minimum absolute atomic E-state index is 0.0952. The summed E-state index contributed by atoms with van der Waals surface area (Å²) < 4.78 is 10.7. The lowest BCUT2D eigenvalue weighted by Gasteiger charge is -2.15. The molecule has 0 fully saturated rings. The number of anilines is 2. The number of nitrogens with zero attached hydrogens (tertiary/aromatic N) is 1. The van der Waals surface area contributed by atoms with Gasteiger partial charge in [-0.1, -0.05) is 60.7 Å². The van der Waals surface area contributed by atoms with E-state index in [0.29, 0.717) is 0 Å². The Labute approximate surface area is 174 Å². The number of hydrogen-bond acceptors (Lipinski definition) is 5. The molecule has 1 aromatic heterocycles. The number of nitrogens with one attached hydrogen (secondary N) is 1. The van der Waals surface area contributed by atoms with Gasteiger partial charge in [0.25, 0.3) is 0 Å². The van der Waals surface area contributed by atoms with Crippen LogP contribution < -0.4 is 14.8 Å². The van der Waals surface area contributed by atoms with E-state index in [1.807, 2.05) is 35.7 Å². The summed E-state index contributed by atoms with van der Waals surface area (Å²) in [6.45, 7) is 0. The highest BCUT2D eigenvalue weighted by atomic mass is 32.1. The summed E-state index contributed by atoms with van der Waals surface area (Å²) in [7, 11) is 3.29. The highest BCUT2D eigenvalue weighted by molar-refractivity contribution is 7.10. The monoisotopic (exact) mass is 402 g/mol. The van der Waals surface area contributed by atoms with Crippen LogP contribution in [-0.2, 0) is 0 Å². The number of ether oxygens (including phenoxy) is 2. The molecule has 3 aromatic carbocycles. The van der Waals surface area contributed by atoms with Crippen molar-refractivity contribution < 1.29 is 9.47 Å². The smallest absolute Gasteiger partial charge is 0.141 e. The van der Waals surface area contributed by atoms with Gasteiger partial charge in [0, 0.05) is 29.3 Å². The number of aromatic nitrogens is 1. The average molecular weight is 403 g/mol. The third-order valence-corrected chi connectivity index (χ3v) is 5.57. The number of methoxy groups -OCH3 is 2. The molecule has 0 bridgehead atoms. The van der Waals surface area contributed by atoms with Crippen LogP contribution in [-0.4, -0.2) is 19.2 Å². The van der Waals surface area contributed by atoms with Crippen LogP contribution in [0.1, 0.15) is 22.1 Å². The van der Waals surface area contributed by atoms with E-state index in [2.05, 4.69) is 53.8 Å². The molecule has 4 aromatic rings. The van der Waals surface area contributed by atoms with Crippen LogP contribution in [0.25, 0.3) is 0 Å². The molecule has 5 heteroatoms. The van der Waals surface area contributed by atoms with E-state index in [4.69, 9.17) is 14.5 Å². The molecule has 29 heavy (non-hydrogen) atoms. The molecule has 1 N–H and O–H groups in total. The van der Waals surface area contributed by atoms with Crippen molar-refractivity contribution in [3.05, 3.63) is 100 Å². The van der Waals surface area contributed by atoms with Gasteiger partial charge < -0.3 is 14.8 Å². The lowest BCUT2D eigenvalue weighted by molar-refractivity contribution is 0.395. The second-order valence-corrected chi connectivity index (χ2v) is 7.44. The summed E-state index contributed by atoms with van der Waals surface area (Å²) in [6.07, 6.45) is 0. The molecule has 0 aliphatic carbocycles. The molecule has 0 radical (unpaired) electrons. The van der Waals surface area contributed by atoms with Crippen molar-refractivity contribution in [2.45, 2.75) is 5.92 Å². The average Bonchev–Trinajstić information content (AvgIpc) is 3.23. The van der Waals surface area contributed by atoms with E-state index in [1.54, 1.807) is 25.6 Å². The van der Waals surface area contributed by atoms with E-state index in [1.165, 1.54) is 11.1 Å². The molecule has 0 saturated carbocycles. The fourth-order valence-corrected chi connectivity index (χ4v) is 4.18. The van der Waals surface area contributed by atoms with Gasteiger partial charge in [0.15, 0.2) is 0 Å². The van der Waals surface area contributed by atoms with Crippen molar-refractivity contribution >= 4 is 22.8 Å². The molecular formula is C24H22N2O2S. The predicted molar refractivity (Wildman–Crippen MR) is 119 cm³/mol. The Bertz CT molecular complexity index is 1000. The highest BCUT2D eigenvalue weighted by Gasteiger charge is 2.20. The van der Waals surface area contributed by atoms with Crippen molar-refractivity contribution in [3.8, 4) is 11.5 Å². The summed E-state index contributed by atoms with van der Waals surface area (Å²) in [5.41, 5.74) is 3.32. The molecular weight excluding hydrogens is 380 g/mol. The second kappa shape index (κ2) is 8.80. The number of hydrogen-bond donors (Lipinski definition) is 1. The molecule has 4 nitrogen and oxygen atoms in total. The van der Waals surface area contributed by atoms with Crippen LogP contribution in [0, 0.1) is 0 Å². The molecule has 146 valence electrons. The Morgan fingerprint density at radius 3 is 1.86 bits per heavy atom. The quantitative estimate of drug-likeness (QED) is 0.407. The largest absolute Gasteiger partial charge is 0.497 e. The predicted octanol–water partition coefficient (Wildman–Crippen LogP) is 6.08. The molecule has 0 spiro atoms. The van der Waals surface area contributed by atoms with Crippen LogP contribution in [0.2, 0.25) is 0 Å². The molecule has 0 saturated heterocycles. The number of benzene rings is 3. The Morgan fingerprint density at radius 1 is 0.793 bits per heavy atom. The van der Waals surface area contributed by atoms with Gasteiger partial charge in [0.05, 0.1) is 20.1 Å². The minimum Gasteiger partial charge on any atom is -0.497 e. The van der Waals surface area contributed by atoms with E-state index in [-0.39, 0.29) is 5.92 Å². The van der Waals surface area contributed by atoms with Crippen molar-refractivity contribution in [1.29, 1.82) is 0 Å².